The summed E-state index contributed by atoms with van der Waals surface area (Å²) in [4.78, 5) is 24.1. The van der Waals surface area contributed by atoms with Crippen LogP contribution in [-0.4, -0.2) is 22.1 Å². The summed E-state index contributed by atoms with van der Waals surface area (Å²) in [7, 11) is 0. The van der Waals surface area contributed by atoms with Crippen molar-refractivity contribution in [2.75, 3.05) is 6.54 Å². The Morgan fingerprint density at radius 1 is 1.50 bits per heavy atom. The first-order valence-electron chi connectivity index (χ1n) is 4.63. The van der Waals surface area contributed by atoms with Crippen molar-refractivity contribution in [2.45, 2.75) is 26.4 Å². The van der Waals surface area contributed by atoms with Crippen LogP contribution < -0.4 is 16.6 Å². The third kappa shape index (κ3) is 3.18. The van der Waals surface area contributed by atoms with Crippen molar-refractivity contribution >= 4 is 0 Å². The van der Waals surface area contributed by atoms with Crippen LogP contribution in [0.25, 0.3) is 0 Å². The van der Waals surface area contributed by atoms with Crippen molar-refractivity contribution in [3.05, 3.63) is 33.1 Å². The molecule has 0 saturated heterocycles. The Balaban J connectivity index is 2.60. The largest absolute Gasteiger partial charge is 0.328 e. The molecule has 1 aromatic heterocycles. The van der Waals surface area contributed by atoms with E-state index in [9.17, 15) is 9.59 Å². The summed E-state index contributed by atoms with van der Waals surface area (Å²) in [6, 6.07) is 1.74. The van der Waals surface area contributed by atoms with Gasteiger partial charge in [0.25, 0.3) is 5.56 Å². The highest BCUT2D eigenvalue weighted by molar-refractivity contribution is 4.82. The van der Waals surface area contributed by atoms with Gasteiger partial charge in [-0.05, 0) is 0 Å². The molecule has 0 spiro atoms. The molecular formula is C9H15N3O2. The van der Waals surface area contributed by atoms with Gasteiger partial charge in [0, 0.05) is 31.4 Å². The number of aromatic nitrogens is 2. The Morgan fingerprint density at radius 2 is 2.21 bits per heavy atom. The molecule has 0 amide bonds. The van der Waals surface area contributed by atoms with Gasteiger partial charge in [0.2, 0.25) is 0 Å². The molecule has 0 aliphatic rings. The summed E-state index contributed by atoms with van der Waals surface area (Å²) in [6.07, 6.45) is 1.50. The van der Waals surface area contributed by atoms with Crippen molar-refractivity contribution in [2.24, 2.45) is 0 Å². The molecule has 0 fully saturated rings. The minimum absolute atomic E-state index is 0.358. The van der Waals surface area contributed by atoms with Crippen LogP contribution in [0.1, 0.15) is 13.8 Å². The molecule has 0 aliphatic heterocycles. The molecule has 5 nitrogen and oxygen atoms in total. The fraction of sp³-hybridized carbons (Fsp3) is 0.556. The van der Waals surface area contributed by atoms with Crippen LogP contribution in [0.2, 0.25) is 0 Å². The Bertz CT molecular complexity index is 392. The van der Waals surface area contributed by atoms with Crippen LogP contribution in [0.5, 0.6) is 0 Å². The second kappa shape index (κ2) is 4.76. The zero-order valence-electron chi connectivity index (χ0n) is 8.41. The predicted molar refractivity (Wildman–Crippen MR) is 54.5 cm³/mol. The van der Waals surface area contributed by atoms with E-state index in [2.05, 4.69) is 10.3 Å². The molecule has 14 heavy (non-hydrogen) atoms. The quantitative estimate of drug-likeness (QED) is 0.686. The lowest BCUT2D eigenvalue weighted by Crippen LogP contribution is -2.33. The molecule has 0 bridgehead atoms. The van der Waals surface area contributed by atoms with Crippen molar-refractivity contribution in [3.63, 3.8) is 0 Å². The summed E-state index contributed by atoms with van der Waals surface area (Å²) in [5.74, 6) is 0. The maximum Gasteiger partial charge on any atom is 0.328 e. The van der Waals surface area contributed by atoms with E-state index in [0.717, 1.165) is 0 Å². The third-order valence-electron chi connectivity index (χ3n) is 1.80. The van der Waals surface area contributed by atoms with Gasteiger partial charge in [0.1, 0.15) is 0 Å². The van der Waals surface area contributed by atoms with Crippen LogP contribution in [-0.2, 0) is 6.54 Å². The van der Waals surface area contributed by atoms with Gasteiger partial charge in [0.05, 0.1) is 0 Å². The molecular weight excluding hydrogens is 182 g/mol. The third-order valence-corrected chi connectivity index (χ3v) is 1.80. The van der Waals surface area contributed by atoms with E-state index < -0.39 is 0 Å². The van der Waals surface area contributed by atoms with Crippen LogP contribution in [0, 0.1) is 0 Å². The van der Waals surface area contributed by atoms with E-state index in [0.29, 0.717) is 19.1 Å². The van der Waals surface area contributed by atoms with Gasteiger partial charge in [0.15, 0.2) is 0 Å². The highest BCUT2D eigenvalue weighted by atomic mass is 16.2. The highest BCUT2D eigenvalue weighted by Gasteiger charge is 1.96. The molecule has 0 aromatic carbocycles. The zero-order chi connectivity index (χ0) is 10.6. The number of hydrogen-bond acceptors (Lipinski definition) is 3. The molecule has 0 atom stereocenters. The van der Waals surface area contributed by atoms with Crippen LogP contribution in [0.4, 0.5) is 0 Å². The summed E-state index contributed by atoms with van der Waals surface area (Å²) in [5.41, 5.74) is -0.717. The second-order valence-electron chi connectivity index (χ2n) is 3.41. The van der Waals surface area contributed by atoms with E-state index in [1.807, 2.05) is 13.8 Å². The molecule has 0 unspecified atom stereocenters. The molecule has 78 valence electrons. The Morgan fingerprint density at radius 3 is 2.79 bits per heavy atom. The minimum Gasteiger partial charge on any atom is -0.313 e. The van der Waals surface area contributed by atoms with Gasteiger partial charge >= 0.3 is 5.69 Å². The van der Waals surface area contributed by atoms with Crippen molar-refractivity contribution < 1.29 is 0 Å². The first-order valence-corrected chi connectivity index (χ1v) is 4.63. The predicted octanol–water partition coefficient (Wildman–Crippen LogP) is -0.465. The van der Waals surface area contributed by atoms with Crippen LogP contribution in [0.15, 0.2) is 21.9 Å². The zero-order valence-corrected chi connectivity index (χ0v) is 8.41. The van der Waals surface area contributed by atoms with Gasteiger partial charge in [-0.25, -0.2) is 4.79 Å². The van der Waals surface area contributed by atoms with Gasteiger partial charge in [-0.1, -0.05) is 13.8 Å². The number of rotatable bonds is 4. The number of nitrogens with zero attached hydrogens (tertiary/aromatic N) is 1. The molecule has 1 heterocycles. The Labute approximate surface area is 81.8 Å². The van der Waals surface area contributed by atoms with Crippen molar-refractivity contribution in [1.29, 1.82) is 0 Å². The van der Waals surface area contributed by atoms with Crippen LogP contribution in [0.3, 0.4) is 0 Å². The molecule has 5 heteroatoms. The summed E-state index contributed by atoms with van der Waals surface area (Å²) in [5, 5.41) is 3.18. The topological polar surface area (TPSA) is 66.9 Å². The molecule has 1 aromatic rings. The lowest BCUT2D eigenvalue weighted by atomic mass is 10.4. The monoisotopic (exact) mass is 197 g/mol. The first-order chi connectivity index (χ1) is 6.59. The Hall–Kier alpha value is -1.36. The van der Waals surface area contributed by atoms with E-state index in [-0.39, 0.29) is 11.2 Å². The van der Waals surface area contributed by atoms with E-state index in [1.54, 1.807) is 0 Å². The highest BCUT2D eigenvalue weighted by Crippen LogP contribution is 1.78. The second-order valence-corrected chi connectivity index (χ2v) is 3.41. The minimum atomic E-state index is -0.358. The number of hydrogen-bond donors (Lipinski definition) is 2. The summed E-state index contributed by atoms with van der Waals surface area (Å²) < 4.78 is 1.47. The molecule has 0 saturated carbocycles. The summed E-state index contributed by atoms with van der Waals surface area (Å²) >= 11 is 0. The van der Waals surface area contributed by atoms with E-state index in [1.165, 1.54) is 16.8 Å². The maximum atomic E-state index is 11.2. The van der Waals surface area contributed by atoms with Crippen molar-refractivity contribution in [1.82, 2.24) is 14.9 Å². The lowest BCUT2D eigenvalue weighted by Gasteiger charge is -2.08. The van der Waals surface area contributed by atoms with Crippen LogP contribution >= 0.6 is 0 Å². The fourth-order valence-electron chi connectivity index (χ4n) is 1.09. The number of aromatic amines is 1. The number of nitrogens with one attached hydrogen (secondary N) is 2. The average molecular weight is 197 g/mol. The standard InChI is InChI=1S/C9H15N3O2/c1-7(2)10-4-6-12-5-3-8(13)11-9(12)14/h3,5,7,10H,4,6H2,1-2H3,(H,11,13,14). The Kier molecular flexibility index (Phi) is 3.64. The number of H-pyrrole nitrogens is 1. The molecule has 1 rings (SSSR count). The van der Waals surface area contributed by atoms with Crippen molar-refractivity contribution in [3.8, 4) is 0 Å². The first kappa shape index (κ1) is 10.7. The normalized spacial score (nSPS) is 10.8. The molecule has 2 N–H and O–H groups in total. The summed E-state index contributed by atoms with van der Waals surface area (Å²) in [6.45, 7) is 5.35. The molecule has 0 radical (unpaired) electrons. The SMILES string of the molecule is CC(C)NCCn1ccc(=O)[nH]c1=O. The van der Waals surface area contributed by atoms with Gasteiger partial charge in [-0.3, -0.25) is 14.3 Å². The van der Waals surface area contributed by atoms with Gasteiger partial charge < -0.3 is 5.32 Å². The fourth-order valence-corrected chi connectivity index (χ4v) is 1.09. The average Bonchev–Trinajstić information content (AvgIpc) is 2.08. The maximum absolute atomic E-state index is 11.2. The smallest absolute Gasteiger partial charge is 0.313 e. The van der Waals surface area contributed by atoms with Gasteiger partial charge in [-0.15, -0.1) is 0 Å². The van der Waals surface area contributed by atoms with E-state index in [4.69, 9.17) is 0 Å². The van der Waals surface area contributed by atoms with Gasteiger partial charge in [-0.2, -0.15) is 0 Å². The molecule has 0 aliphatic carbocycles. The lowest BCUT2D eigenvalue weighted by molar-refractivity contribution is 0.528. The van der Waals surface area contributed by atoms with E-state index >= 15 is 0 Å².